The van der Waals surface area contributed by atoms with Crippen LogP contribution in [0.4, 0.5) is 0 Å². The smallest absolute Gasteiger partial charge is 0.227 e. The molecule has 7 heteroatoms. The molecule has 2 amide bonds. The van der Waals surface area contributed by atoms with Crippen LogP contribution in [0.5, 0.6) is 0 Å². The van der Waals surface area contributed by atoms with Crippen molar-refractivity contribution in [2.75, 3.05) is 19.6 Å². The molecular weight excluding hydrogens is 450 g/mol. The number of carbonyl (C=O) groups excluding carboxylic acids is 2. The van der Waals surface area contributed by atoms with Crippen LogP contribution in [0.3, 0.4) is 0 Å². The van der Waals surface area contributed by atoms with Crippen LogP contribution in [-0.4, -0.2) is 62.9 Å². The summed E-state index contributed by atoms with van der Waals surface area (Å²) in [4.78, 5) is 33.6. The second-order valence-corrected chi connectivity index (χ2v) is 10.8. The van der Waals surface area contributed by atoms with E-state index in [0.717, 1.165) is 36.9 Å². The largest absolute Gasteiger partial charge is 0.349 e. The van der Waals surface area contributed by atoms with Crippen LogP contribution in [0.2, 0.25) is 0 Å². The second-order valence-electron chi connectivity index (χ2n) is 10.8. The molecular formula is C29H35N5O2. The Bertz CT molecular complexity index is 1220. The van der Waals surface area contributed by atoms with E-state index in [0.29, 0.717) is 31.2 Å². The number of benzene rings is 2. The number of carbonyl (C=O) groups is 2. The lowest BCUT2D eigenvalue weighted by Gasteiger charge is -2.41. The van der Waals surface area contributed by atoms with E-state index in [2.05, 4.69) is 56.2 Å². The highest BCUT2D eigenvalue weighted by Gasteiger charge is 2.41. The molecule has 4 heterocycles. The molecule has 7 nitrogen and oxygen atoms in total. The van der Waals surface area contributed by atoms with Crippen molar-refractivity contribution >= 4 is 22.8 Å². The van der Waals surface area contributed by atoms with Crippen molar-refractivity contribution in [2.45, 2.75) is 63.2 Å². The maximum absolute atomic E-state index is 13.0. The van der Waals surface area contributed by atoms with Gasteiger partial charge in [-0.3, -0.25) is 14.5 Å². The zero-order valence-corrected chi connectivity index (χ0v) is 20.9. The van der Waals surface area contributed by atoms with Crippen LogP contribution in [-0.2, 0) is 9.59 Å². The molecule has 0 spiro atoms. The molecule has 3 fully saturated rings. The third kappa shape index (κ3) is 4.41. The number of likely N-dealkylation sites (tertiary alicyclic amines) is 1. The summed E-state index contributed by atoms with van der Waals surface area (Å²) in [5.74, 6) is 0.00767. The Morgan fingerprint density at radius 2 is 1.67 bits per heavy atom. The zero-order chi connectivity index (χ0) is 24.6. The maximum Gasteiger partial charge on any atom is 0.227 e. The Hall–Kier alpha value is -3.19. The molecule has 1 N–H and O–H groups in total. The van der Waals surface area contributed by atoms with Crippen LogP contribution >= 0.6 is 0 Å². The van der Waals surface area contributed by atoms with Crippen LogP contribution in [0.25, 0.3) is 11.0 Å². The lowest BCUT2D eigenvalue weighted by atomic mass is 9.94. The molecule has 6 rings (SSSR count). The predicted octanol–water partition coefficient (Wildman–Crippen LogP) is 3.93. The molecule has 3 aromatic rings. The fourth-order valence-corrected chi connectivity index (χ4v) is 6.58. The fourth-order valence-electron chi connectivity index (χ4n) is 6.58. The standard InChI is InChI=1S/C29H35N5O2/c1-20(35)32-17-22(18-32)29(36)31-26(21-7-3-2-4-8-21)13-14-33-23-11-12-24(33)16-25(15-23)34-19-30-27-9-5-6-10-28(27)34/h2-10,19,22-26H,11-18H2,1H3,(H,31,36)/t23?,24?,25?,26-/m0/s1. The van der Waals surface area contributed by atoms with E-state index in [1.807, 2.05) is 24.5 Å². The van der Waals surface area contributed by atoms with Crippen molar-refractivity contribution in [3.63, 3.8) is 0 Å². The van der Waals surface area contributed by atoms with Crippen molar-refractivity contribution in [3.8, 4) is 0 Å². The summed E-state index contributed by atoms with van der Waals surface area (Å²) < 4.78 is 2.40. The van der Waals surface area contributed by atoms with E-state index in [1.54, 1.807) is 11.8 Å². The first-order chi connectivity index (χ1) is 17.6. The normalized spacial score (nSPS) is 25.0. The summed E-state index contributed by atoms with van der Waals surface area (Å²) in [6, 6.07) is 20.4. The molecule has 2 aromatic carbocycles. The summed E-state index contributed by atoms with van der Waals surface area (Å²) in [7, 11) is 0. The van der Waals surface area contributed by atoms with E-state index in [4.69, 9.17) is 0 Å². The molecule has 2 bridgehead atoms. The van der Waals surface area contributed by atoms with Crippen molar-refractivity contribution in [1.82, 2.24) is 24.7 Å². The van der Waals surface area contributed by atoms with Gasteiger partial charge in [0.2, 0.25) is 11.8 Å². The van der Waals surface area contributed by atoms with Crippen molar-refractivity contribution in [3.05, 3.63) is 66.5 Å². The molecule has 3 aliphatic heterocycles. The second kappa shape index (κ2) is 9.69. The van der Waals surface area contributed by atoms with Crippen LogP contribution in [0, 0.1) is 5.92 Å². The Morgan fingerprint density at radius 3 is 2.39 bits per heavy atom. The summed E-state index contributed by atoms with van der Waals surface area (Å²) in [6.07, 6.45) is 7.73. The van der Waals surface area contributed by atoms with Crippen LogP contribution < -0.4 is 5.32 Å². The number of hydrogen-bond donors (Lipinski definition) is 1. The minimum atomic E-state index is -0.1000. The minimum Gasteiger partial charge on any atom is -0.349 e. The SMILES string of the molecule is CC(=O)N1CC(C(=O)N[C@@H](CCN2C3CCC2CC(n2cnc4ccccc42)C3)c2ccccc2)C1. The van der Waals surface area contributed by atoms with Gasteiger partial charge in [0, 0.05) is 44.7 Å². The molecule has 188 valence electrons. The molecule has 3 saturated heterocycles. The molecule has 0 aliphatic carbocycles. The number of piperidine rings is 1. The summed E-state index contributed by atoms with van der Waals surface area (Å²) in [5, 5.41) is 3.32. The van der Waals surface area contributed by atoms with E-state index >= 15 is 0 Å². The van der Waals surface area contributed by atoms with Gasteiger partial charge in [-0.05, 0) is 49.8 Å². The third-order valence-electron chi connectivity index (χ3n) is 8.63. The van der Waals surface area contributed by atoms with Crippen LogP contribution in [0.1, 0.15) is 56.7 Å². The lowest BCUT2D eigenvalue weighted by molar-refractivity contribution is -0.141. The molecule has 3 aliphatic rings. The van der Waals surface area contributed by atoms with Gasteiger partial charge in [-0.25, -0.2) is 4.98 Å². The first-order valence-corrected chi connectivity index (χ1v) is 13.3. The highest BCUT2D eigenvalue weighted by Crippen LogP contribution is 2.42. The Balaban J connectivity index is 1.11. The molecule has 2 unspecified atom stereocenters. The average molecular weight is 486 g/mol. The minimum absolute atomic E-state index is 0.0141. The first-order valence-electron chi connectivity index (χ1n) is 13.3. The number of nitrogens with zero attached hydrogens (tertiary/aromatic N) is 4. The van der Waals surface area contributed by atoms with Gasteiger partial charge in [0.1, 0.15) is 0 Å². The molecule has 0 radical (unpaired) electrons. The third-order valence-corrected chi connectivity index (χ3v) is 8.63. The highest BCUT2D eigenvalue weighted by atomic mass is 16.2. The molecule has 3 atom stereocenters. The van der Waals surface area contributed by atoms with E-state index in [-0.39, 0.29) is 23.8 Å². The van der Waals surface area contributed by atoms with Gasteiger partial charge in [-0.2, -0.15) is 0 Å². The number of rotatable bonds is 7. The van der Waals surface area contributed by atoms with Gasteiger partial charge >= 0.3 is 0 Å². The van der Waals surface area contributed by atoms with Crippen molar-refractivity contribution < 1.29 is 9.59 Å². The van der Waals surface area contributed by atoms with Gasteiger partial charge in [0.25, 0.3) is 0 Å². The number of imidazole rings is 1. The van der Waals surface area contributed by atoms with Gasteiger partial charge < -0.3 is 14.8 Å². The van der Waals surface area contributed by atoms with Gasteiger partial charge in [0.05, 0.1) is 29.3 Å². The highest BCUT2D eigenvalue weighted by molar-refractivity contribution is 5.84. The average Bonchev–Trinajstić information content (AvgIpc) is 3.38. The summed E-state index contributed by atoms with van der Waals surface area (Å²) in [6.45, 7) is 3.61. The molecule has 0 saturated carbocycles. The van der Waals surface area contributed by atoms with Gasteiger partial charge in [0.15, 0.2) is 0 Å². The van der Waals surface area contributed by atoms with E-state index in [1.165, 1.54) is 18.4 Å². The maximum atomic E-state index is 13.0. The summed E-state index contributed by atoms with van der Waals surface area (Å²) >= 11 is 0. The predicted molar refractivity (Wildman–Crippen MR) is 139 cm³/mol. The molecule has 36 heavy (non-hydrogen) atoms. The zero-order valence-electron chi connectivity index (χ0n) is 20.9. The van der Waals surface area contributed by atoms with Gasteiger partial charge in [-0.1, -0.05) is 42.5 Å². The number of nitrogens with one attached hydrogen (secondary N) is 1. The molecule has 1 aromatic heterocycles. The monoisotopic (exact) mass is 485 g/mol. The fraction of sp³-hybridized carbons (Fsp3) is 0.483. The Labute approximate surface area is 212 Å². The number of fused-ring (bicyclic) bond motifs is 3. The van der Waals surface area contributed by atoms with Gasteiger partial charge in [-0.15, -0.1) is 0 Å². The first kappa shape index (κ1) is 23.2. The van der Waals surface area contributed by atoms with Crippen LogP contribution in [0.15, 0.2) is 60.9 Å². The van der Waals surface area contributed by atoms with Crippen molar-refractivity contribution in [1.29, 1.82) is 0 Å². The number of amides is 2. The van der Waals surface area contributed by atoms with E-state index < -0.39 is 0 Å². The number of aromatic nitrogens is 2. The number of para-hydroxylation sites is 2. The van der Waals surface area contributed by atoms with Crippen molar-refractivity contribution in [2.24, 2.45) is 5.92 Å². The lowest BCUT2D eigenvalue weighted by Crippen LogP contribution is -2.55. The summed E-state index contributed by atoms with van der Waals surface area (Å²) in [5.41, 5.74) is 3.47. The van der Waals surface area contributed by atoms with E-state index in [9.17, 15) is 9.59 Å². The number of hydrogen-bond acceptors (Lipinski definition) is 4. The Morgan fingerprint density at radius 1 is 0.972 bits per heavy atom. The quantitative estimate of drug-likeness (QED) is 0.551. The topological polar surface area (TPSA) is 70.5 Å². The Kier molecular flexibility index (Phi) is 6.25.